The number of nitrogens with one attached hydrogen (secondary N) is 1. The van der Waals surface area contributed by atoms with E-state index in [1.165, 1.54) is 17.7 Å². The molecule has 2 unspecified atom stereocenters. The number of hydrogen-bond acceptors (Lipinski definition) is 5. The standard InChI is InChI=1S/C16H21N3OS/c1-3-11(2)21-10-15-18-16(20-19-15)13-8-12-6-4-5-7-14(12)17-9-13/h4-7,11,13,17H,3,8-10H2,1-2H3. The van der Waals surface area contributed by atoms with Crippen LogP contribution >= 0.6 is 11.8 Å². The summed E-state index contributed by atoms with van der Waals surface area (Å²) in [6, 6.07) is 8.41. The van der Waals surface area contributed by atoms with Crippen LogP contribution in [0.5, 0.6) is 0 Å². The molecule has 21 heavy (non-hydrogen) atoms. The van der Waals surface area contributed by atoms with Crippen LogP contribution in [-0.2, 0) is 12.2 Å². The molecule has 1 aliphatic heterocycles. The van der Waals surface area contributed by atoms with Gasteiger partial charge in [0.25, 0.3) is 0 Å². The number of benzene rings is 1. The molecule has 1 aromatic carbocycles. The molecule has 0 fully saturated rings. The van der Waals surface area contributed by atoms with Gasteiger partial charge in [0.2, 0.25) is 5.89 Å². The summed E-state index contributed by atoms with van der Waals surface area (Å²) in [5, 5.41) is 8.20. The molecule has 4 nitrogen and oxygen atoms in total. The van der Waals surface area contributed by atoms with Crippen LogP contribution in [0, 0.1) is 0 Å². The Morgan fingerprint density at radius 1 is 1.43 bits per heavy atom. The number of hydrogen-bond donors (Lipinski definition) is 1. The smallest absolute Gasteiger partial charge is 0.231 e. The highest BCUT2D eigenvalue weighted by atomic mass is 32.2. The maximum atomic E-state index is 5.47. The van der Waals surface area contributed by atoms with E-state index in [2.05, 4.69) is 53.6 Å². The van der Waals surface area contributed by atoms with Gasteiger partial charge >= 0.3 is 0 Å². The summed E-state index contributed by atoms with van der Waals surface area (Å²) in [6.45, 7) is 5.29. The first-order valence-corrected chi connectivity index (χ1v) is 8.57. The second-order valence-electron chi connectivity index (χ2n) is 5.52. The maximum absolute atomic E-state index is 5.47. The first-order valence-electron chi connectivity index (χ1n) is 7.52. The number of thioether (sulfide) groups is 1. The summed E-state index contributed by atoms with van der Waals surface area (Å²) in [6.07, 6.45) is 2.13. The van der Waals surface area contributed by atoms with E-state index in [0.29, 0.717) is 5.25 Å². The Morgan fingerprint density at radius 2 is 2.29 bits per heavy atom. The number of anilines is 1. The van der Waals surface area contributed by atoms with E-state index in [0.717, 1.165) is 30.4 Å². The Bertz CT molecular complexity index is 599. The molecular weight excluding hydrogens is 282 g/mol. The van der Waals surface area contributed by atoms with E-state index in [4.69, 9.17) is 4.52 Å². The topological polar surface area (TPSA) is 51.0 Å². The van der Waals surface area contributed by atoms with Crippen molar-refractivity contribution in [3.8, 4) is 0 Å². The molecular formula is C16H21N3OS. The lowest BCUT2D eigenvalue weighted by atomic mass is 9.94. The van der Waals surface area contributed by atoms with Crippen molar-refractivity contribution in [3.63, 3.8) is 0 Å². The Labute approximate surface area is 129 Å². The van der Waals surface area contributed by atoms with Crippen molar-refractivity contribution < 1.29 is 4.52 Å². The largest absolute Gasteiger partial charge is 0.384 e. The minimum atomic E-state index is 0.273. The van der Waals surface area contributed by atoms with Gasteiger partial charge in [0.05, 0.1) is 11.7 Å². The Kier molecular flexibility index (Phi) is 4.48. The monoisotopic (exact) mass is 303 g/mol. The van der Waals surface area contributed by atoms with Crippen molar-refractivity contribution in [2.75, 3.05) is 11.9 Å². The molecule has 0 bridgehead atoms. The van der Waals surface area contributed by atoms with E-state index in [-0.39, 0.29) is 5.92 Å². The van der Waals surface area contributed by atoms with Crippen LogP contribution < -0.4 is 5.32 Å². The minimum Gasteiger partial charge on any atom is -0.384 e. The van der Waals surface area contributed by atoms with Crippen LogP contribution in [-0.4, -0.2) is 21.9 Å². The fraction of sp³-hybridized carbons (Fsp3) is 0.500. The van der Waals surface area contributed by atoms with E-state index >= 15 is 0 Å². The van der Waals surface area contributed by atoms with Gasteiger partial charge in [-0.15, -0.1) is 0 Å². The molecule has 2 atom stereocenters. The second kappa shape index (κ2) is 6.52. The molecule has 0 aliphatic carbocycles. The van der Waals surface area contributed by atoms with Gasteiger partial charge in [0.1, 0.15) is 0 Å². The summed E-state index contributed by atoms with van der Waals surface area (Å²) < 4.78 is 5.47. The van der Waals surface area contributed by atoms with E-state index in [9.17, 15) is 0 Å². The van der Waals surface area contributed by atoms with Gasteiger partial charge in [-0.1, -0.05) is 37.2 Å². The summed E-state index contributed by atoms with van der Waals surface area (Å²) in [4.78, 5) is 4.57. The third-order valence-electron chi connectivity index (χ3n) is 3.93. The van der Waals surface area contributed by atoms with Gasteiger partial charge in [0, 0.05) is 17.5 Å². The lowest BCUT2D eigenvalue weighted by Gasteiger charge is -2.23. The zero-order valence-electron chi connectivity index (χ0n) is 12.5. The van der Waals surface area contributed by atoms with Gasteiger partial charge < -0.3 is 9.84 Å². The molecule has 1 aromatic heterocycles. The normalized spacial score (nSPS) is 18.9. The minimum absolute atomic E-state index is 0.273. The first kappa shape index (κ1) is 14.4. The third-order valence-corrected chi connectivity index (χ3v) is 5.25. The zero-order valence-corrected chi connectivity index (χ0v) is 13.3. The van der Waals surface area contributed by atoms with E-state index in [1.807, 2.05) is 11.8 Å². The van der Waals surface area contributed by atoms with Gasteiger partial charge in [-0.25, -0.2) is 0 Å². The highest BCUT2D eigenvalue weighted by molar-refractivity contribution is 7.99. The fourth-order valence-electron chi connectivity index (χ4n) is 2.44. The van der Waals surface area contributed by atoms with E-state index in [1.54, 1.807) is 0 Å². The first-order chi connectivity index (χ1) is 10.3. The molecule has 0 amide bonds. The van der Waals surface area contributed by atoms with Crippen LogP contribution in [0.15, 0.2) is 28.8 Å². The number of aromatic nitrogens is 2. The molecule has 5 heteroatoms. The van der Waals surface area contributed by atoms with Crippen LogP contribution in [0.2, 0.25) is 0 Å². The van der Waals surface area contributed by atoms with Gasteiger partial charge in [-0.2, -0.15) is 16.7 Å². The molecule has 2 aromatic rings. The third kappa shape index (κ3) is 3.40. The van der Waals surface area contributed by atoms with Crippen molar-refractivity contribution in [1.82, 2.24) is 10.1 Å². The quantitative estimate of drug-likeness (QED) is 0.909. The second-order valence-corrected chi connectivity index (χ2v) is 6.94. The number of nitrogens with zero attached hydrogens (tertiary/aromatic N) is 2. The SMILES string of the molecule is CCC(C)SCc1noc(C2CNc3ccccc3C2)n1. The molecule has 0 radical (unpaired) electrons. The number of rotatable bonds is 5. The Balaban J connectivity index is 1.65. The lowest BCUT2D eigenvalue weighted by Crippen LogP contribution is -2.21. The highest BCUT2D eigenvalue weighted by Crippen LogP contribution is 2.29. The van der Waals surface area contributed by atoms with Gasteiger partial charge in [-0.05, 0) is 24.5 Å². The molecule has 0 spiro atoms. The lowest BCUT2D eigenvalue weighted by molar-refractivity contribution is 0.351. The van der Waals surface area contributed by atoms with Crippen molar-refractivity contribution in [3.05, 3.63) is 41.5 Å². The van der Waals surface area contributed by atoms with Crippen molar-refractivity contribution in [2.24, 2.45) is 0 Å². The molecule has 1 N–H and O–H groups in total. The predicted molar refractivity (Wildman–Crippen MR) is 86.7 cm³/mol. The van der Waals surface area contributed by atoms with Crippen molar-refractivity contribution >= 4 is 17.4 Å². The van der Waals surface area contributed by atoms with Crippen LogP contribution in [0.1, 0.15) is 43.5 Å². The van der Waals surface area contributed by atoms with Gasteiger partial charge in [0.15, 0.2) is 5.82 Å². The van der Waals surface area contributed by atoms with Crippen LogP contribution in [0.4, 0.5) is 5.69 Å². The molecule has 0 saturated heterocycles. The summed E-state index contributed by atoms with van der Waals surface area (Å²) >= 11 is 1.88. The van der Waals surface area contributed by atoms with E-state index < -0.39 is 0 Å². The van der Waals surface area contributed by atoms with Crippen LogP contribution in [0.3, 0.4) is 0 Å². The van der Waals surface area contributed by atoms with Crippen molar-refractivity contribution in [2.45, 2.75) is 43.6 Å². The molecule has 2 heterocycles. The van der Waals surface area contributed by atoms with Crippen molar-refractivity contribution in [1.29, 1.82) is 0 Å². The Morgan fingerprint density at radius 3 is 3.14 bits per heavy atom. The molecule has 112 valence electrons. The number of para-hydroxylation sites is 1. The van der Waals surface area contributed by atoms with Gasteiger partial charge in [-0.3, -0.25) is 0 Å². The fourth-order valence-corrected chi connectivity index (χ4v) is 3.23. The van der Waals surface area contributed by atoms with Crippen LogP contribution in [0.25, 0.3) is 0 Å². The Hall–Kier alpha value is -1.49. The predicted octanol–water partition coefficient (Wildman–Crippen LogP) is 3.85. The average Bonchev–Trinajstić information content (AvgIpc) is 3.01. The molecule has 1 aliphatic rings. The summed E-state index contributed by atoms with van der Waals surface area (Å²) in [7, 11) is 0. The number of fused-ring (bicyclic) bond motifs is 1. The summed E-state index contributed by atoms with van der Waals surface area (Å²) in [5.41, 5.74) is 2.54. The average molecular weight is 303 g/mol. The highest BCUT2D eigenvalue weighted by Gasteiger charge is 2.24. The molecule has 0 saturated carbocycles. The maximum Gasteiger partial charge on any atom is 0.231 e. The zero-order chi connectivity index (χ0) is 14.7. The summed E-state index contributed by atoms with van der Waals surface area (Å²) in [5.74, 6) is 2.68. The molecule has 3 rings (SSSR count).